The van der Waals surface area contributed by atoms with Crippen molar-refractivity contribution in [3.63, 3.8) is 0 Å². The average Bonchev–Trinajstić information content (AvgIpc) is 2.94. The first-order valence-corrected chi connectivity index (χ1v) is 13.7. The third-order valence-corrected chi connectivity index (χ3v) is 7.25. The zero-order valence-corrected chi connectivity index (χ0v) is 24.0. The quantitative estimate of drug-likeness (QED) is 0.170. The van der Waals surface area contributed by atoms with Crippen LogP contribution in [0, 0.1) is 23.0 Å². The van der Waals surface area contributed by atoms with Crippen LogP contribution in [0.5, 0.6) is 0 Å². The van der Waals surface area contributed by atoms with Crippen molar-refractivity contribution < 1.29 is 36.7 Å². The number of aliphatic imine (C=N–C) groups is 1. The summed E-state index contributed by atoms with van der Waals surface area (Å²) in [5.41, 5.74) is -0.304. The maximum atomic E-state index is 14.6. The van der Waals surface area contributed by atoms with Crippen LogP contribution in [0.3, 0.4) is 0 Å². The van der Waals surface area contributed by atoms with E-state index in [4.69, 9.17) is 16.3 Å². The second kappa shape index (κ2) is 13.3. The Hall–Kier alpha value is -4.70. The predicted octanol–water partition coefficient (Wildman–Crippen LogP) is 5.83. The topological polar surface area (TPSA) is 115 Å². The summed E-state index contributed by atoms with van der Waals surface area (Å²) in [6.07, 6.45) is -0.225. The first-order chi connectivity index (χ1) is 20.8. The van der Waals surface area contributed by atoms with Crippen molar-refractivity contribution in [2.45, 2.75) is 50.2 Å². The number of amidine groups is 1. The molecule has 9 nitrogen and oxygen atoms in total. The summed E-state index contributed by atoms with van der Waals surface area (Å²) in [7, 11) is 0. The van der Waals surface area contributed by atoms with E-state index in [0.717, 1.165) is 28.1 Å². The largest absolute Gasteiger partial charge is 0.449 e. The molecule has 1 N–H and O–H groups in total. The third-order valence-electron chi connectivity index (χ3n) is 6.91. The van der Waals surface area contributed by atoms with Crippen molar-refractivity contribution >= 4 is 41.0 Å². The number of benzene rings is 2. The Morgan fingerprint density at radius 1 is 1.25 bits per heavy atom. The highest BCUT2D eigenvalue weighted by Gasteiger charge is 2.48. The lowest BCUT2D eigenvalue weighted by Crippen LogP contribution is -2.59. The van der Waals surface area contributed by atoms with Gasteiger partial charge in [-0.15, -0.1) is 0 Å². The van der Waals surface area contributed by atoms with Crippen LogP contribution in [-0.2, 0) is 14.3 Å². The molecular formula is C30H26ClF4N5O4. The van der Waals surface area contributed by atoms with Gasteiger partial charge in [-0.2, -0.15) is 5.26 Å². The summed E-state index contributed by atoms with van der Waals surface area (Å²) >= 11 is 6.45. The van der Waals surface area contributed by atoms with Crippen molar-refractivity contribution in [2.75, 3.05) is 11.5 Å². The van der Waals surface area contributed by atoms with Crippen molar-refractivity contribution in [1.82, 2.24) is 10.2 Å². The Bertz CT molecular complexity index is 1560. The van der Waals surface area contributed by atoms with E-state index in [-0.39, 0.29) is 35.0 Å². The van der Waals surface area contributed by atoms with Crippen molar-refractivity contribution in [3.8, 4) is 6.07 Å². The zero-order valence-electron chi connectivity index (χ0n) is 23.3. The zero-order chi connectivity index (χ0) is 32.2. The molecule has 1 saturated heterocycles. The number of nitrogens with one attached hydrogen (secondary N) is 1. The Morgan fingerprint density at radius 2 is 1.91 bits per heavy atom. The molecule has 2 aliphatic rings. The normalized spacial score (nSPS) is 19.2. The van der Waals surface area contributed by atoms with Gasteiger partial charge in [-0.1, -0.05) is 36.4 Å². The molecule has 3 amide bonds. The van der Waals surface area contributed by atoms with Gasteiger partial charge in [0.05, 0.1) is 18.4 Å². The first-order valence-electron chi connectivity index (χ1n) is 13.3. The molecular weight excluding hydrogens is 606 g/mol. The molecule has 2 aromatic rings. The highest BCUT2D eigenvalue weighted by atomic mass is 35.5. The second-order valence-corrected chi connectivity index (χ2v) is 10.5. The Labute approximate surface area is 255 Å². The molecule has 44 heavy (non-hydrogen) atoms. The van der Waals surface area contributed by atoms with E-state index in [1.807, 2.05) is 6.07 Å². The SMILES string of the molecule is C=CN=C(/C=C(\C)C#N)N1C(=O)OCC[C@H]1C(=O)N(c1cc(F)cc(F)c1)[C@H](C(=O)NC1CC(F)(F)C1)c1ccccc1Cl. The molecule has 14 heteroatoms. The van der Waals surface area contributed by atoms with Gasteiger partial charge in [0.15, 0.2) is 0 Å². The molecule has 2 aromatic carbocycles. The lowest BCUT2D eigenvalue weighted by molar-refractivity contribution is -0.133. The number of nitrogens with zero attached hydrogens (tertiary/aromatic N) is 4. The number of rotatable bonds is 8. The van der Waals surface area contributed by atoms with E-state index in [0.29, 0.717) is 6.07 Å². The monoisotopic (exact) mass is 631 g/mol. The molecule has 1 heterocycles. The van der Waals surface area contributed by atoms with Crippen LogP contribution < -0.4 is 10.2 Å². The molecule has 2 fully saturated rings. The lowest BCUT2D eigenvalue weighted by Gasteiger charge is -2.41. The number of allylic oxidation sites excluding steroid dienone is 1. The first kappa shape index (κ1) is 32.2. The van der Waals surface area contributed by atoms with Gasteiger partial charge in [-0.05, 0) is 31.2 Å². The molecule has 1 aliphatic heterocycles. The molecule has 1 aliphatic carbocycles. The van der Waals surface area contributed by atoms with E-state index >= 15 is 0 Å². The van der Waals surface area contributed by atoms with Crippen LogP contribution in [0.25, 0.3) is 0 Å². The van der Waals surface area contributed by atoms with E-state index in [9.17, 15) is 37.2 Å². The minimum absolute atomic E-state index is 0.0114. The molecule has 230 valence electrons. The number of alkyl halides is 2. The van der Waals surface area contributed by atoms with E-state index in [2.05, 4.69) is 16.9 Å². The van der Waals surface area contributed by atoms with Gasteiger partial charge in [-0.3, -0.25) is 14.5 Å². The average molecular weight is 632 g/mol. The number of carbonyl (C=O) groups is 3. The number of halogens is 5. The highest BCUT2D eigenvalue weighted by Crippen LogP contribution is 2.39. The van der Waals surface area contributed by atoms with Crippen molar-refractivity contribution in [2.24, 2.45) is 4.99 Å². The number of hydrogen-bond donors (Lipinski definition) is 1. The molecule has 0 unspecified atom stereocenters. The molecule has 0 radical (unpaired) electrons. The number of hydrogen-bond acceptors (Lipinski definition) is 6. The van der Waals surface area contributed by atoms with Gasteiger partial charge in [0.25, 0.3) is 11.8 Å². The summed E-state index contributed by atoms with van der Waals surface area (Å²) in [6, 6.07) is 5.74. The number of anilines is 1. The minimum atomic E-state index is -2.99. The van der Waals surface area contributed by atoms with Crippen molar-refractivity contribution in [1.29, 1.82) is 5.26 Å². The highest BCUT2D eigenvalue weighted by molar-refractivity contribution is 6.31. The fourth-order valence-corrected chi connectivity index (χ4v) is 5.18. The van der Waals surface area contributed by atoms with Crippen LogP contribution >= 0.6 is 11.6 Å². The standard InChI is InChI=1S/C30H26ClF4N5O4/c1-3-37-25(10-17(2)16-36)40-24(8-9-44-29(40)43)28(42)39(21-12-18(32)11-19(33)13-21)26(22-6-4-5-7-23(22)31)27(41)38-20-14-30(34,35)15-20/h3-7,10-13,20,24,26H,1,8-9,14-15H2,2H3,(H,38,41)/b17-10+,37-25?/t24-,26-/m0/s1. The van der Waals surface area contributed by atoms with Crippen LogP contribution in [0.2, 0.25) is 5.02 Å². The van der Waals surface area contributed by atoms with Crippen LogP contribution in [0.4, 0.5) is 28.0 Å². The maximum absolute atomic E-state index is 14.6. The molecule has 0 aromatic heterocycles. The summed E-state index contributed by atoms with van der Waals surface area (Å²) in [5, 5.41) is 11.8. The van der Waals surface area contributed by atoms with Gasteiger partial charge in [0.2, 0.25) is 5.91 Å². The Kier molecular flexibility index (Phi) is 9.74. The number of cyclic esters (lactones) is 1. The van der Waals surface area contributed by atoms with Crippen molar-refractivity contribution in [3.05, 3.63) is 89.1 Å². The number of nitriles is 1. The second-order valence-electron chi connectivity index (χ2n) is 10.1. The van der Waals surface area contributed by atoms with E-state index in [1.54, 1.807) is 6.07 Å². The number of ether oxygens (including phenoxy) is 1. The van der Waals surface area contributed by atoms with Gasteiger partial charge in [-0.25, -0.2) is 32.2 Å². The van der Waals surface area contributed by atoms with Gasteiger partial charge >= 0.3 is 6.09 Å². The molecule has 2 atom stereocenters. The van der Waals surface area contributed by atoms with Gasteiger partial charge in [0, 0.05) is 53.7 Å². The molecule has 1 saturated carbocycles. The van der Waals surface area contributed by atoms with Gasteiger partial charge in [0.1, 0.15) is 29.6 Å². The smallest absolute Gasteiger partial charge is 0.416 e. The minimum Gasteiger partial charge on any atom is -0.449 e. The summed E-state index contributed by atoms with van der Waals surface area (Å²) < 4.78 is 61.6. The molecule has 0 bridgehead atoms. The van der Waals surface area contributed by atoms with Crippen LogP contribution in [-0.4, -0.2) is 53.3 Å². The molecule has 4 rings (SSSR count). The summed E-state index contributed by atoms with van der Waals surface area (Å²) in [6.45, 7) is 4.67. The maximum Gasteiger partial charge on any atom is 0.416 e. The number of amides is 3. The predicted molar refractivity (Wildman–Crippen MR) is 153 cm³/mol. The van der Waals surface area contributed by atoms with E-state index < -0.39 is 72.1 Å². The third kappa shape index (κ3) is 7.08. The molecule has 0 spiro atoms. The Balaban J connectivity index is 1.90. The fraction of sp³-hybridized carbons (Fsp3) is 0.300. The Morgan fingerprint density at radius 3 is 2.50 bits per heavy atom. The number of carbonyl (C=O) groups excluding carboxylic acids is 3. The van der Waals surface area contributed by atoms with Crippen LogP contribution in [0.15, 0.2) is 71.9 Å². The van der Waals surface area contributed by atoms with E-state index in [1.165, 1.54) is 31.2 Å². The summed E-state index contributed by atoms with van der Waals surface area (Å²) in [4.78, 5) is 47.1. The van der Waals surface area contributed by atoms with Crippen LogP contribution in [0.1, 0.15) is 37.8 Å². The summed E-state index contributed by atoms with van der Waals surface area (Å²) in [5.74, 6) is -7.33. The fourth-order valence-electron chi connectivity index (χ4n) is 4.94. The lowest BCUT2D eigenvalue weighted by atomic mass is 9.87. The van der Waals surface area contributed by atoms with Gasteiger partial charge < -0.3 is 10.1 Å².